The van der Waals surface area contributed by atoms with Crippen LogP contribution >= 0.6 is 0 Å². The molecule has 4 rings (SSSR count). The first kappa shape index (κ1) is 28.2. The highest BCUT2D eigenvalue weighted by molar-refractivity contribution is 5.75. The van der Waals surface area contributed by atoms with Gasteiger partial charge in [-0.2, -0.15) is 0 Å². The number of carbonyl (C=O) groups excluding carboxylic acids is 1. The lowest BCUT2D eigenvalue weighted by Gasteiger charge is -2.39. The topological polar surface area (TPSA) is 78.5 Å². The average molecular weight is 527 g/mol. The first-order valence-corrected chi connectivity index (χ1v) is 13.5. The molecule has 1 unspecified atom stereocenters. The number of benzene rings is 2. The van der Waals surface area contributed by atoms with Crippen molar-refractivity contribution in [1.29, 1.82) is 0 Å². The Morgan fingerprint density at radius 3 is 2.55 bits per heavy atom. The van der Waals surface area contributed by atoms with E-state index < -0.39 is 5.41 Å². The molecule has 0 saturated carbocycles. The quantitative estimate of drug-likeness (QED) is 0.365. The second-order valence-corrected chi connectivity index (χ2v) is 11.0. The van der Waals surface area contributed by atoms with Crippen molar-refractivity contribution in [2.45, 2.75) is 51.9 Å². The molecule has 0 aliphatic carbocycles. The van der Waals surface area contributed by atoms with Gasteiger partial charge in [-0.25, -0.2) is 0 Å². The molecule has 2 heterocycles. The minimum atomic E-state index is -0.585. The fourth-order valence-corrected chi connectivity index (χ4v) is 4.95. The van der Waals surface area contributed by atoms with Crippen LogP contribution < -0.4 is 19.7 Å². The number of anilines is 1. The maximum atomic E-state index is 12.8. The lowest BCUT2D eigenvalue weighted by molar-refractivity contribution is -0.163. The molecule has 3 atom stereocenters. The number of esters is 1. The van der Waals surface area contributed by atoms with Gasteiger partial charge in [0.25, 0.3) is 0 Å². The molecule has 0 spiro atoms. The van der Waals surface area contributed by atoms with Crippen molar-refractivity contribution < 1.29 is 28.5 Å². The summed E-state index contributed by atoms with van der Waals surface area (Å²) in [6.45, 7) is 10.5. The second-order valence-electron chi connectivity index (χ2n) is 11.0. The number of carbonyl (C=O) groups is 1. The molecule has 1 N–H and O–H groups in total. The van der Waals surface area contributed by atoms with Crippen LogP contribution in [-0.2, 0) is 25.6 Å². The summed E-state index contributed by atoms with van der Waals surface area (Å²) in [5.74, 6) is 1.36. The summed E-state index contributed by atoms with van der Waals surface area (Å²) >= 11 is 0. The summed E-state index contributed by atoms with van der Waals surface area (Å²) in [7, 11) is 3.39. The monoisotopic (exact) mass is 526 g/mol. The zero-order chi connectivity index (χ0) is 27.1. The first-order valence-electron chi connectivity index (χ1n) is 13.5. The van der Waals surface area contributed by atoms with Gasteiger partial charge in [-0.1, -0.05) is 18.2 Å². The van der Waals surface area contributed by atoms with E-state index in [4.69, 9.17) is 23.7 Å². The Kier molecular flexibility index (Phi) is 9.52. The van der Waals surface area contributed by atoms with Crippen LogP contribution in [0.25, 0.3) is 0 Å². The maximum absolute atomic E-state index is 12.8. The fraction of sp³-hybridized carbons (Fsp3) is 0.567. The van der Waals surface area contributed by atoms with Crippen LogP contribution in [0.4, 0.5) is 5.69 Å². The van der Waals surface area contributed by atoms with Gasteiger partial charge in [-0.05, 0) is 62.6 Å². The van der Waals surface area contributed by atoms with Crippen molar-refractivity contribution in [2.75, 3.05) is 58.5 Å². The Balaban J connectivity index is 1.52. The van der Waals surface area contributed by atoms with Crippen LogP contribution in [0, 0.1) is 5.41 Å². The van der Waals surface area contributed by atoms with Gasteiger partial charge in [0.05, 0.1) is 37.5 Å². The molecule has 0 aromatic heterocycles. The first-order chi connectivity index (χ1) is 18.3. The van der Waals surface area contributed by atoms with Gasteiger partial charge in [0.15, 0.2) is 0 Å². The standard InChI is InChI=1S/C30H42N2O6/c1-30(2,3)29(33)38-27-19-31-18-26(28(27)22-8-10-23(35-5)11-9-22)37-20-21-7-12-25-24(17-21)32(14-16-36-25)13-6-15-34-4/h7-12,17,26-28,31H,6,13-16,18-20H2,1-5H3/t26-,27+,28?/m0/s1. The Labute approximate surface area is 226 Å². The smallest absolute Gasteiger partial charge is 0.311 e. The van der Waals surface area contributed by atoms with Crippen molar-refractivity contribution in [3.05, 3.63) is 53.6 Å². The molecular weight excluding hydrogens is 484 g/mol. The third-order valence-corrected chi connectivity index (χ3v) is 7.09. The molecule has 2 aliphatic heterocycles. The van der Waals surface area contributed by atoms with E-state index in [1.807, 2.05) is 51.1 Å². The van der Waals surface area contributed by atoms with Crippen molar-refractivity contribution >= 4 is 11.7 Å². The Morgan fingerprint density at radius 2 is 1.84 bits per heavy atom. The van der Waals surface area contributed by atoms with Gasteiger partial charge in [0.2, 0.25) is 0 Å². The highest BCUT2D eigenvalue weighted by atomic mass is 16.6. The van der Waals surface area contributed by atoms with Crippen molar-refractivity contribution in [1.82, 2.24) is 5.32 Å². The van der Waals surface area contributed by atoms with Gasteiger partial charge in [0.1, 0.15) is 24.2 Å². The predicted octanol–water partition coefficient (Wildman–Crippen LogP) is 4.16. The molecule has 8 nitrogen and oxygen atoms in total. The zero-order valence-electron chi connectivity index (χ0n) is 23.3. The molecule has 0 radical (unpaired) electrons. The third-order valence-electron chi connectivity index (χ3n) is 7.09. The van der Waals surface area contributed by atoms with E-state index in [2.05, 4.69) is 22.3 Å². The van der Waals surface area contributed by atoms with Crippen LogP contribution in [0.1, 0.15) is 44.2 Å². The largest absolute Gasteiger partial charge is 0.497 e. The summed E-state index contributed by atoms with van der Waals surface area (Å²) in [4.78, 5) is 15.2. The molecule has 1 saturated heterocycles. The van der Waals surface area contributed by atoms with Gasteiger partial charge in [0, 0.05) is 39.3 Å². The molecule has 38 heavy (non-hydrogen) atoms. The molecule has 208 valence electrons. The minimum absolute atomic E-state index is 0.111. The number of nitrogens with zero attached hydrogens (tertiary/aromatic N) is 1. The van der Waals surface area contributed by atoms with E-state index in [-0.39, 0.29) is 24.1 Å². The van der Waals surface area contributed by atoms with Gasteiger partial charge in [-0.15, -0.1) is 0 Å². The number of ether oxygens (including phenoxy) is 5. The summed E-state index contributed by atoms with van der Waals surface area (Å²) in [5.41, 5.74) is 2.65. The Morgan fingerprint density at radius 1 is 1.08 bits per heavy atom. The molecule has 2 aliphatic rings. The van der Waals surface area contributed by atoms with Crippen molar-refractivity contribution in [2.24, 2.45) is 5.41 Å². The van der Waals surface area contributed by atoms with E-state index in [0.717, 1.165) is 54.4 Å². The molecule has 2 aromatic carbocycles. The lowest BCUT2D eigenvalue weighted by Crippen LogP contribution is -2.52. The lowest BCUT2D eigenvalue weighted by atomic mass is 9.85. The average Bonchev–Trinajstić information content (AvgIpc) is 2.92. The number of fused-ring (bicyclic) bond motifs is 1. The Hall–Kier alpha value is -2.81. The number of rotatable bonds is 10. The van der Waals surface area contributed by atoms with E-state index in [0.29, 0.717) is 26.3 Å². The number of nitrogens with one attached hydrogen (secondary N) is 1. The molecular formula is C30H42N2O6. The molecule has 1 fully saturated rings. The van der Waals surface area contributed by atoms with Gasteiger partial charge in [-0.3, -0.25) is 4.79 Å². The second kappa shape index (κ2) is 12.8. The van der Waals surface area contributed by atoms with E-state index >= 15 is 0 Å². The molecule has 8 heteroatoms. The van der Waals surface area contributed by atoms with Crippen LogP contribution in [0.15, 0.2) is 42.5 Å². The third kappa shape index (κ3) is 6.98. The summed E-state index contributed by atoms with van der Waals surface area (Å²) in [6, 6.07) is 14.2. The highest BCUT2D eigenvalue weighted by Crippen LogP contribution is 2.35. The number of methoxy groups -OCH3 is 2. The Bertz CT molecular complexity index is 1050. The molecule has 0 bridgehead atoms. The highest BCUT2D eigenvalue weighted by Gasteiger charge is 2.39. The maximum Gasteiger partial charge on any atom is 0.311 e. The number of piperidine rings is 1. The molecule has 2 aromatic rings. The minimum Gasteiger partial charge on any atom is -0.497 e. The fourth-order valence-electron chi connectivity index (χ4n) is 4.95. The van der Waals surface area contributed by atoms with Crippen LogP contribution in [0.3, 0.4) is 0 Å². The van der Waals surface area contributed by atoms with Gasteiger partial charge < -0.3 is 33.9 Å². The van der Waals surface area contributed by atoms with Crippen molar-refractivity contribution in [3.8, 4) is 11.5 Å². The molecule has 0 amide bonds. The van der Waals surface area contributed by atoms with Crippen LogP contribution in [0.5, 0.6) is 11.5 Å². The number of hydrogen-bond donors (Lipinski definition) is 1. The number of hydrogen-bond acceptors (Lipinski definition) is 8. The van der Waals surface area contributed by atoms with Crippen molar-refractivity contribution in [3.63, 3.8) is 0 Å². The summed E-state index contributed by atoms with van der Waals surface area (Å²) in [6.07, 6.45) is 0.435. The van der Waals surface area contributed by atoms with Gasteiger partial charge >= 0.3 is 5.97 Å². The van der Waals surface area contributed by atoms with Crippen LogP contribution in [0.2, 0.25) is 0 Å². The van der Waals surface area contributed by atoms with E-state index in [1.54, 1.807) is 14.2 Å². The normalized spacial score (nSPS) is 21.4. The van der Waals surface area contributed by atoms with Crippen LogP contribution in [-0.4, -0.2) is 71.8 Å². The SMILES string of the molecule is COCCCN1CCOc2ccc(CO[C@H]3CNC[C@@H](OC(=O)C(C)(C)C)C3c3ccc(OC)cc3)cc21. The van der Waals surface area contributed by atoms with E-state index in [9.17, 15) is 4.79 Å². The summed E-state index contributed by atoms with van der Waals surface area (Å²) < 4.78 is 29.1. The summed E-state index contributed by atoms with van der Waals surface area (Å²) in [5, 5.41) is 3.42. The van der Waals surface area contributed by atoms with E-state index in [1.165, 1.54) is 0 Å². The zero-order valence-corrected chi connectivity index (χ0v) is 23.3. The predicted molar refractivity (Wildman–Crippen MR) is 147 cm³/mol.